The summed E-state index contributed by atoms with van der Waals surface area (Å²) in [6.45, 7) is 3.68. The van der Waals surface area contributed by atoms with Crippen LogP contribution in [0, 0.1) is 5.82 Å². The van der Waals surface area contributed by atoms with Gasteiger partial charge < -0.3 is 14.5 Å². The summed E-state index contributed by atoms with van der Waals surface area (Å²) in [5.74, 6) is -0.441. The largest absolute Gasteiger partial charge is 0.450 e. The summed E-state index contributed by atoms with van der Waals surface area (Å²) in [7, 11) is -3.94. The summed E-state index contributed by atoms with van der Waals surface area (Å²) >= 11 is 0. The predicted octanol–water partition coefficient (Wildman–Crippen LogP) is 3.41. The molecule has 0 spiro atoms. The fraction of sp³-hybridized carbons (Fsp3) is 0.652. The Bertz CT molecular complexity index is 964. The molecule has 10 heteroatoms. The predicted molar refractivity (Wildman–Crippen MR) is 122 cm³/mol. The van der Waals surface area contributed by atoms with Gasteiger partial charge in [0.1, 0.15) is 5.82 Å². The summed E-state index contributed by atoms with van der Waals surface area (Å²) in [6.07, 6.45) is 5.77. The zero-order chi connectivity index (χ0) is 23.8. The van der Waals surface area contributed by atoms with Crippen molar-refractivity contribution in [2.75, 3.05) is 30.9 Å². The number of benzene rings is 1. The van der Waals surface area contributed by atoms with Crippen LogP contribution < -0.4 is 4.90 Å². The molecule has 33 heavy (non-hydrogen) atoms. The second-order valence-electron chi connectivity index (χ2n) is 9.27. The van der Waals surface area contributed by atoms with E-state index in [-0.39, 0.29) is 24.2 Å². The van der Waals surface area contributed by atoms with E-state index in [2.05, 4.69) is 4.90 Å². The average molecular weight is 482 g/mol. The summed E-state index contributed by atoms with van der Waals surface area (Å²) in [5.41, 5.74) is 0.395. The Morgan fingerprint density at radius 1 is 1.03 bits per heavy atom. The maximum Gasteiger partial charge on any atom is 0.410 e. The van der Waals surface area contributed by atoms with E-state index in [1.165, 1.54) is 29.2 Å². The van der Waals surface area contributed by atoms with Crippen LogP contribution in [0.25, 0.3) is 0 Å². The maximum atomic E-state index is 13.4. The molecule has 3 aliphatic heterocycles. The van der Waals surface area contributed by atoms with Crippen molar-refractivity contribution in [1.82, 2.24) is 9.80 Å². The molecule has 1 aromatic rings. The van der Waals surface area contributed by atoms with Crippen molar-refractivity contribution in [3.63, 3.8) is 0 Å². The number of fused-ring (bicyclic) bond motifs is 2. The monoisotopic (exact) mass is 481 g/mol. The number of hydrogen-bond donors (Lipinski definition) is 0. The van der Waals surface area contributed by atoms with E-state index >= 15 is 0 Å². The number of nitrogens with zero attached hydrogens (tertiary/aromatic N) is 3. The third-order valence-corrected chi connectivity index (χ3v) is 8.02. The first-order valence-electron chi connectivity index (χ1n) is 11.7. The minimum absolute atomic E-state index is 0.202. The molecule has 2 unspecified atom stereocenters. The number of likely N-dealkylation sites (tertiary alicyclic amines) is 1. The molecule has 3 fully saturated rings. The molecule has 182 valence electrons. The van der Waals surface area contributed by atoms with Crippen LogP contribution in [0.4, 0.5) is 19.7 Å². The highest BCUT2D eigenvalue weighted by Gasteiger charge is 2.46. The van der Waals surface area contributed by atoms with Crippen molar-refractivity contribution in [3.05, 3.63) is 30.1 Å². The summed E-state index contributed by atoms with van der Waals surface area (Å²) < 4.78 is 42.8. The lowest BCUT2D eigenvalue weighted by molar-refractivity contribution is 0.0344. The zero-order valence-corrected chi connectivity index (χ0v) is 20.0. The van der Waals surface area contributed by atoms with Crippen LogP contribution in [0.5, 0.6) is 0 Å². The Labute approximate surface area is 194 Å². The van der Waals surface area contributed by atoms with Crippen molar-refractivity contribution >= 4 is 26.9 Å². The third-order valence-electron chi connectivity index (χ3n) is 7.19. The number of hydrogen-bond acceptors (Lipinski definition) is 6. The minimum Gasteiger partial charge on any atom is -0.450 e. The summed E-state index contributed by atoms with van der Waals surface area (Å²) in [5, 5.41) is -0.951. The standard InChI is InChI=1S/C23H32FN3O5S/c1-3-32-22(28)26-19-8-9-20(26)15-21(14-19)25-12-10-18(11-13-25)27(23(29)33(2,30)31)17-6-4-16(24)5-7-17/h4-7,18-21H,3,8-15H2,1-2H3. The number of carbonyl (C=O) groups excluding carboxylic acids is 2. The molecule has 0 radical (unpaired) electrons. The Morgan fingerprint density at radius 3 is 2.12 bits per heavy atom. The summed E-state index contributed by atoms with van der Waals surface area (Å²) in [6, 6.07) is 5.87. The van der Waals surface area contributed by atoms with Gasteiger partial charge in [-0.2, -0.15) is 0 Å². The quantitative estimate of drug-likeness (QED) is 0.655. The molecule has 2 bridgehead atoms. The lowest BCUT2D eigenvalue weighted by atomic mass is 9.93. The molecule has 3 saturated heterocycles. The molecule has 2 amide bonds. The van der Waals surface area contributed by atoms with Crippen molar-refractivity contribution in [2.45, 2.75) is 69.6 Å². The van der Waals surface area contributed by atoms with Gasteiger partial charge in [-0.1, -0.05) is 0 Å². The molecule has 8 nitrogen and oxygen atoms in total. The molecule has 0 aromatic heterocycles. The van der Waals surface area contributed by atoms with Gasteiger partial charge in [-0.05, 0) is 69.7 Å². The van der Waals surface area contributed by atoms with Crippen LogP contribution in [0.2, 0.25) is 0 Å². The van der Waals surface area contributed by atoms with Crippen molar-refractivity contribution < 1.29 is 27.1 Å². The molecule has 3 heterocycles. The first kappa shape index (κ1) is 23.9. The SMILES string of the molecule is CCOC(=O)N1C2CCC1CC(N1CCC(N(C(=O)S(C)(=O)=O)c3ccc(F)cc3)CC1)C2. The Balaban J connectivity index is 1.42. The molecule has 1 aromatic carbocycles. The first-order chi connectivity index (χ1) is 15.7. The van der Waals surface area contributed by atoms with E-state index in [0.717, 1.165) is 45.0 Å². The average Bonchev–Trinajstić information content (AvgIpc) is 3.05. The van der Waals surface area contributed by atoms with Gasteiger partial charge >= 0.3 is 11.3 Å². The van der Waals surface area contributed by atoms with Crippen molar-refractivity contribution in [2.24, 2.45) is 0 Å². The van der Waals surface area contributed by atoms with Gasteiger partial charge in [0, 0.05) is 49.2 Å². The van der Waals surface area contributed by atoms with Crippen molar-refractivity contribution in [3.8, 4) is 0 Å². The fourth-order valence-corrected chi connectivity index (χ4v) is 6.31. The highest BCUT2D eigenvalue weighted by Crippen LogP contribution is 2.39. The number of piperidine rings is 2. The smallest absolute Gasteiger partial charge is 0.410 e. The molecule has 0 saturated carbocycles. The minimum atomic E-state index is -3.94. The van der Waals surface area contributed by atoms with Crippen molar-refractivity contribution in [1.29, 1.82) is 0 Å². The van der Waals surface area contributed by atoms with E-state index in [0.29, 0.717) is 31.2 Å². The van der Waals surface area contributed by atoms with E-state index in [4.69, 9.17) is 4.74 Å². The Kier molecular flexibility index (Phi) is 6.95. The highest BCUT2D eigenvalue weighted by molar-refractivity contribution is 8.05. The number of ether oxygens (including phenoxy) is 1. The molecular formula is C23H32FN3O5S. The van der Waals surface area contributed by atoms with Gasteiger partial charge in [-0.15, -0.1) is 0 Å². The van der Waals surface area contributed by atoms with E-state index in [9.17, 15) is 22.4 Å². The van der Waals surface area contributed by atoms with Gasteiger partial charge in [0.2, 0.25) is 9.84 Å². The Hall–Kier alpha value is -2.20. The van der Waals surface area contributed by atoms with Gasteiger partial charge in [0.15, 0.2) is 0 Å². The molecule has 0 aliphatic carbocycles. The zero-order valence-electron chi connectivity index (χ0n) is 19.2. The summed E-state index contributed by atoms with van der Waals surface area (Å²) in [4.78, 5) is 30.8. The van der Waals surface area contributed by atoms with Crippen LogP contribution in [-0.2, 0) is 14.6 Å². The maximum absolute atomic E-state index is 13.4. The number of sulfone groups is 1. The van der Waals surface area contributed by atoms with Gasteiger partial charge in [-0.25, -0.2) is 17.6 Å². The van der Waals surface area contributed by atoms with Crippen LogP contribution >= 0.6 is 0 Å². The first-order valence-corrected chi connectivity index (χ1v) is 13.6. The molecule has 2 atom stereocenters. The highest BCUT2D eigenvalue weighted by atomic mass is 32.2. The van der Waals surface area contributed by atoms with Gasteiger partial charge in [0.25, 0.3) is 0 Å². The molecular weight excluding hydrogens is 449 g/mol. The number of anilines is 1. The molecule has 4 rings (SSSR count). The topological polar surface area (TPSA) is 87.2 Å². The number of carbonyl (C=O) groups is 2. The number of halogens is 1. The molecule has 0 N–H and O–H groups in total. The molecule has 3 aliphatic rings. The van der Waals surface area contributed by atoms with Crippen LogP contribution in [0.1, 0.15) is 45.4 Å². The van der Waals surface area contributed by atoms with Gasteiger partial charge in [-0.3, -0.25) is 9.69 Å². The lowest BCUT2D eigenvalue weighted by Crippen LogP contribution is -2.56. The van der Waals surface area contributed by atoms with Crippen LogP contribution in [-0.4, -0.2) is 79.7 Å². The van der Waals surface area contributed by atoms with E-state index in [1.54, 1.807) is 0 Å². The normalized spacial score (nSPS) is 26.3. The van der Waals surface area contributed by atoms with Crippen LogP contribution in [0.15, 0.2) is 24.3 Å². The van der Waals surface area contributed by atoms with E-state index in [1.807, 2.05) is 11.8 Å². The number of amides is 2. The van der Waals surface area contributed by atoms with E-state index < -0.39 is 20.9 Å². The van der Waals surface area contributed by atoms with Gasteiger partial charge in [0.05, 0.1) is 6.61 Å². The second-order valence-corrected chi connectivity index (χ2v) is 11.2. The lowest BCUT2D eigenvalue weighted by Gasteiger charge is -2.46. The van der Waals surface area contributed by atoms with Crippen LogP contribution in [0.3, 0.4) is 0 Å². The fourth-order valence-electron chi connectivity index (χ4n) is 5.70. The third kappa shape index (κ3) is 5.01. The second kappa shape index (κ2) is 9.58. The number of rotatable bonds is 4. The Morgan fingerprint density at radius 2 is 1.61 bits per heavy atom.